The van der Waals surface area contributed by atoms with Crippen molar-refractivity contribution in [2.24, 2.45) is 11.8 Å². The zero-order valence-electron chi connectivity index (χ0n) is 16.3. The van der Waals surface area contributed by atoms with Crippen LogP contribution in [0.1, 0.15) is 63.0 Å². The van der Waals surface area contributed by atoms with Crippen molar-refractivity contribution in [3.8, 4) is 5.75 Å². The molecule has 0 aliphatic heterocycles. The maximum atomic E-state index is 10.8. The number of rotatable bonds is 9. The number of carboxylic acid groups (broad SMARTS) is 1. The number of hydrogen-bond donors (Lipinski definition) is 2. The third-order valence-electron chi connectivity index (χ3n) is 6.13. The summed E-state index contributed by atoms with van der Waals surface area (Å²) in [6.07, 6.45) is 11.5. The van der Waals surface area contributed by atoms with Crippen LogP contribution < -0.4 is 4.74 Å². The summed E-state index contributed by atoms with van der Waals surface area (Å²) < 4.78 is 5.52. The maximum absolute atomic E-state index is 10.8. The van der Waals surface area contributed by atoms with Crippen LogP contribution in [-0.4, -0.2) is 28.9 Å². The minimum atomic E-state index is -0.940. The van der Waals surface area contributed by atoms with Gasteiger partial charge >= 0.3 is 5.97 Å². The molecule has 0 spiro atoms. The lowest BCUT2D eigenvalue weighted by molar-refractivity contribution is -0.139. The molecule has 1 fully saturated rings. The molecule has 27 heavy (non-hydrogen) atoms. The first-order valence-electron chi connectivity index (χ1n) is 10.4. The predicted octanol–water partition coefficient (Wildman–Crippen LogP) is 4.53. The fourth-order valence-electron chi connectivity index (χ4n) is 4.68. The van der Waals surface area contributed by atoms with E-state index in [1.54, 1.807) is 0 Å². The number of aliphatic hydroxyl groups is 1. The van der Waals surface area contributed by atoms with Crippen molar-refractivity contribution in [1.82, 2.24) is 0 Å². The van der Waals surface area contributed by atoms with Crippen LogP contribution in [0.5, 0.6) is 5.75 Å². The van der Waals surface area contributed by atoms with Crippen LogP contribution in [0.4, 0.5) is 0 Å². The molecule has 148 valence electrons. The van der Waals surface area contributed by atoms with Gasteiger partial charge in [0.2, 0.25) is 0 Å². The number of allylic oxidation sites excluding steroid dienone is 1. The molecule has 4 heteroatoms. The Balaban J connectivity index is 1.64. The summed E-state index contributed by atoms with van der Waals surface area (Å²) in [6.45, 7) is 1.90. The highest BCUT2D eigenvalue weighted by molar-refractivity contribution is 5.68. The quantitative estimate of drug-likeness (QED) is 0.494. The van der Waals surface area contributed by atoms with Crippen LogP contribution in [0.2, 0.25) is 0 Å². The highest BCUT2D eigenvalue weighted by Crippen LogP contribution is 2.46. The number of fused-ring (bicyclic) bond motifs is 2. The Hall–Kier alpha value is -1.81. The van der Waals surface area contributed by atoms with Gasteiger partial charge < -0.3 is 14.9 Å². The average Bonchev–Trinajstić information content (AvgIpc) is 3.05. The number of aliphatic carboxylic acids is 1. The summed E-state index contributed by atoms with van der Waals surface area (Å²) in [5.74, 6) is 0.965. The van der Waals surface area contributed by atoms with Gasteiger partial charge in [-0.3, -0.25) is 0 Å². The zero-order chi connectivity index (χ0) is 19.2. The molecule has 3 rings (SSSR count). The van der Waals surface area contributed by atoms with Crippen LogP contribution >= 0.6 is 0 Å². The smallest absolute Gasteiger partial charge is 0.341 e. The first kappa shape index (κ1) is 19.9. The fourth-order valence-corrected chi connectivity index (χ4v) is 4.68. The average molecular weight is 373 g/mol. The summed E-state index contributed by atoms with van der Waals surface area (Å²) in [5, 5.41) is 19.1. The topological polar surface area (TPSA) is 66.8 Å². The number of benzene rings is 1. The van der Waals surface area contributed by atoms with Crippen LogP contribution in [0.25, 0.3) is 0 Å². The number of ether oxygens (including phenoxy) is 1. The minimum Gasteiger partial charge on any atom is -0.482 e. The molecule has 0 heterocycles. The lowest BCUT2D eigenvalue weighted by Crippen LogP contribution is -2.23. The van der Waals surface area contributed by atoms with Crippen LogP contribution in [-0.2, 0) is 17.6 Å². The van der Waals surface area contributed by atoms with Crippen molar-refractivity contribution in [1.29, 1.82) is 0 Å². The fraction of sp³-hybridized carbons (Fsp3) is 0.609. The molecule has 0 radical (unpaired) electrons. The van der Waals surface area contributed by atoms with E-state index >= 15 is 0 Å². The summed E-state index contributed by atoms with van der Waals surface area (Å²) in [7, 11) is 0. The van der Waals surface area contributed by atoms with Crippen molar-refractivity contribution in [2.45, 2.75) is 70.8 Å². The van der Waals surface area contributed by atoms with Crippen LogP contribution in [0, 0.1) is 11.8 Å². The Labute approximate surface area is 162 Å². The van der Waals surface area contributed by atoms with E-state index in [9.17, 15) is 9.90 Å². The molecule has 1 saturated carbocycles. The van der Waals surface area contributed by atoms with Gasteiger partial charge in [0.15, 0.2) is 6.61 Å². The Bertz CT molecular complexity index is 679. The Morgan fingerprint density at radius 1 is 1.33 bits per heavy atom. The van der Waals surface area contributed by atoms with Gasteiger partial charge in [-0.15, -0.1) is 0 Å². The lowest BCUT2D eigenvalue weighted by atomic mass is 9.76. The molecule has 1 aromatic carbocycles. The molecule has 0 aromatic heterocycles. The number of hydrogen-bond acceptors (Lipinski definition) is 3. The SMILES string of the molecule is CCCCCC(O)C/C=C1\CCC2Cc3c(cccc3OCC(=O)O)CC12. The summed E-state index contributed by atoms with van der Waals surface area (Å²) in [5.41, 5.74) is 3.99. The van der Waals surface area contributed by atoms with E-state index in [4.69, 9.17) is 9.84 Å². The van der Waals surface area contributed by atoms with E-state index in [2.05, 4.69) is 19.1 Å². The maximum Gasteiger partial charge on any atom is 0.341 e. The number of carbonyl (C=O) groups is 1. The Kier molecular flexibility index (Phi) is 6.95. The highest BCUT2D eigenvalue weighted by Gasteiger charge is 2.36. The minimum absolute atomic E-state index is 0.213. The van der Waals surface area contributed by atoms with Gasteiger partial charge in [-0.25, -0.2) is 4.79 Å². The van der Waals surface area contributed by atoms with Crippen molar-refractivity contribution in [2.75, 3.05) is 6.61 Å². The Morgan fingerprint density at radius 2 is 2.19 bits per heavy atom. The molecule has 0 saturated heterocycles. The third kappa shape index (κ3) is 5.13. The second-order valence-corrected chi connectivity index (χ2v) is 8.05. The molecule has 4 nitrogen and oxygen atoms in total. The molecule has 1 aromatic rings. The molecule has 0 bridgehead atoms. The van der Waals surface area contributed by atoms with Gasteiger partial charge in [0.05, 0.1) is 6.10 Å². The van der Waals surface area contributed by atoms with E-state index in [-0.39, 0.29) is 12.7 Å². The van der Waals surface area contributed by atoms with Gasteiger partial charge in [0.25, 0.3) is 0 Å². The normalized spacial score (nSPS) is 23.7. The first-order valence-corrected chi connectivity index (χ1v) is 10.4. The monoisotopic (exact) mass is 372 g/mol. The number of carboxylic acids is 1. The number of aliphatic hydroxyl groups excluding tert-OH is 1. The largest absolute Gasteiger partial charge is 0.482 e. The van der Waals surface area contributed by atoms with Gasteiger partial charge in [-0.2, -0.15) is 0 Å². The van der Waals surface area contributed by atoms with Crippen molar-refractivity contribution < 1.29 is 19.7 Å². The van der Waals surface area contributed by atoms with E-state index in [0.29, 0.717) is 11.8 Å². The molecule has 2 aliphatic carbocycles. The second-order valence-electron chi connectivity index (χ2n) is 8.05. The summed E-state index contributed by atoms with van der Waals surface area (Å²) in [4.78, 5) is 10.8. The molecule has 0 amide bonds. The van der Waals surface area contributed by atoms with E-state index in [1.165, 1.54) is 36.0 Å². The second kappa shape index (κ2) is 9.41. The van der Waals surface area contributed by atoms with Crippen LogP contribution in [0.15, 0.2) is 29.8 Å². The van der Waals surface area contributed by atoms with E-state index in [1.807, 2.05) is 12.1 Å². The zero-order valence-corrected chi connectivity index (χ0v) is 16.3. The van der Waals surface area contributed by atoms with Gasteiger partial charge in [-0.05, 0) is 67.6 Å². The van der Waals surface area contributed by atoms with Gasteiger partial charge in [0, 0.05) is 0 Å². The van der Waals surface area contributed by atoms with Crippen molar-refractivity contribution >= 4 is 5.97 Å². The van der Waals surface area contributed by atoms with E-state index in [0.717, 1.165) is 44.3 Å². The molecule has 3 unspecified atom stereocenters. The Morgan fingerprint density at radius 3 is 2.96 bits per heavy atom. The predicted molar refractivity (Wildman–Crippen MR) is 106 cm³/mol. The summed E-state index contributed by atoms with van der Waals surface area (Å²) in [6, 6.07) is 6.00. The molecule has 3 atom stereocenters. The van der Waals surface area contributed by atoms with Crippen molar-refractivity contribution in [3.63, 3.8) is 0 Å². The number of unbranched alkanes of at least 4 members (excludes halogenated alkanes) is 2. The first-order chi connectivity index (χ1) is 13.1. The van der Waals surface area contributed by atoms with Crippen molar-refractivity contribution in [3.05, 3.63) is 41.0 Å². The molecule has 2 aliphatic rings. The molecular formula is C23H32O4. The third-order valence-corrected chi connectivity index (χ3v) is 6.13. The van der Waals surface area contributed by atoms with Gasteiger partial charge in [-0.1, -0.05) is 50.0 Å². The highest BCUT2D eigenvalue weighted by atomic mass is 16.5. The lowest BCUT2D eigenvalue weighted by Gasteiger charge is -2.30. The molecule has 2 N–H and O–H groups in total. The summed E-state index contributed by atoms with van der Waals surface area (Å²) >= 11 is 0. The molecular weight excluding hydrogens is 340 g/mol. The standard InChI is InChI=1S/C23H32O4/c1-2-3-4-7-19(24)12-11-16-9-10-18-14-21-17(13-20(16)18)6-5-8-22(21)27-15-23(25)26/h5-6,8,11,18-20,24H,2-4,7,9-10,12-15H2,1H3,(H,25,26)/b16-11+. The van der Waals surface area contributed by atoms with Gasteiger partial charge in [0.1, 0.15) is 5.75 Å². The van der Waals surface area contributed by atoms with E-state index < -0.39 is 5.97 Å². The van der Waals surface area contributed by atoms with Crippen LogP contribution in [0.3, 0.4) is 0 Å².